The minimum atomic E-state index is 0. The molecule has 3 aliphatic rings. The monoisotopic (exact) mass is 302 g/mol. The molecule has 1 saturated carbocycles. The van der Waals surface area contributed by atoms with Gasteiger partial charge in [0.05, 0.1) is 11.4 Å². The lowest BCUT2D eigenvalue weighted by Gasteiger charge is -2.25. The van der Waals surface area contributed by atoms with Crippen molar-refractivity contribution in [3.05, 3.63) is 46.9 Å². The number of fused-ring (bicyclic) bond motifs is 3. The largest absolute Gasteiger partial charge is 0.354 e. The molecule has 2 heteroatoms. The normalized spacial score (nSPS) is 22.0. The van der Waals surface area contributed by atoms with Crippen LogP contribution in [0.3, 0.4) is 0 Å². The summed E-state index contributed by atoms with van der Waals surface area (Å²) in [4.78, 5) is 4.52. The molecule has 1 N–H and O–H groups in total. The van der Waals surface area contributed by atoms with Gasteiger partial charge in [-0.3, -0.25) is 4.98 Å². The van der Waals surface area contributed by atoms with E-state index >= 15 is 0 Å². The van der Waals surface area contributed by atoms with Crippen LogP contribution in [0, 0.1) is 18.8 Å². The summed E-state index contributed by atoms with van der Waals surface area (Å²) in [6.07, 6.45) is 9.15. The first kappa shape index (κ1) is 18.5. The zero-order chi connectivity index (χ0) is 16.7. The van der Waals surface area contributed by atoms with Crippen LogP contribution < -0.4 is 5.32 Å². The van der Waals surface area contributed by atoms with Gasteiger partial charge in [-0.05, 0) is 42.4 Å². The molecular weight excluding hydrogens is 268 g/mol. The van der Waals surface area contributed by atoms with Gasteiger partial charge in [-0.25, -0.2) is 0 Å². The van der Waals surface area contributed by atoms with Gasteiger partial charge in [-0.15, -0.1) is 0 Å². The van der Waals surface area contributed by atoms with Gasteiger partial charge in [-0.1, -0.05) is 53.7 Å². The molecule has 0 bridgehead atoms. The summed E-state index contributed by atoms with van der Waals surface area (Å²) in [5, 5.41) is 3.53. The van der Waals surface area contributed by atoms with Crippen molar-refractivity contribution in [2.75, 3.05) is 5.32 Å². The molecule has 0 saturated heterocycles. The Bertz CT molecular complexity index is 547. The quantitative estimate of drug-likeness (QED) is 0.622. The Balaban J connectivity index is 0.000000629. The second-order valence-corrected chi connectivity index (χ2v) is 5.14. The first-order chi connectivity index (χ1) is 10.8. The Morgan fingerprint density at radius 2 is 1.68 bits per heavy atom. The van der Waals surface area contributed by atoms with Crippen molar-refractivity contribution in [2.45, 2.75) is 61.3 Å². The Kier molecular flexibility index (Phi) is 7.37. The van der Waals surface area contributed by atoms with E-state index in [1.165, 1.54) is 34.6 Å². The van der Waals surface area contributed by atoms with Gasteiger partial charge in [-0.2, -0.15) is 0 Å². The van der Waals surface area contributed by atoms with Crippen LogP contribution in [-0.2, 0) is 6.42 Å². The van der Waals surface area contributed by atoms with Crippen molar-refractivity contribution in [1.82, 2.24) is 4.98 Å². The van der Waals surface area contributed by atoms with Crippen LogP contribution in [0.5, 0.6) is 0 Å². The summed E-state index contributed by atoms with van der Waals surface area (Å²) < 4.78 is 0. The fraction of sp³-hybridized carbons (Fsp3) is 0.550. The second-order valence-electron chi connectivity index (χ2n) is 5.14. The Hall–Kier alpha value is -1.57. The van der Waals surface area contributed by atoms with E-state index < -0.39 is 0 Å². The van der Waals surface area contributed by atoms with E-state index in [0.29, 0.717) is 0 Å². The van der Waals surface area contributed by atoms with E-state index in [1.54, 1.807) is 0 Å². The summed E-state index contributed by atoms with van der Waals surface area (Å²) in [7, 11) is 0. The number of pyridine rings is 1. The van der Waals surface area contributed by atoms with E-state index in [-0.39, 0.29) is 1.43 Å². The van der Waals surface area contributed by atoms with E-state index in [4.69, 9.17) is 0 Å². The lowest BCUT2D eigenvalue weighted by molar-refractivity contribution is 0.899. The van der Waals surface area contributed by atoms with Gasteiger partial charge >= 0.3 is 0 Å². The fourth-order valence-corrected chi connectivity index (χ4v) is 2.74. The van der Waals surface area contributed by atoms with Gasteiger partial charge in [0.25, 0.3) is 0 Å². The van der Waals surface area contributed by atoms with Crippen LogP contribution in [0.25, 0.3) is 0 Å². The highest BCUT2D eigenvalue weighted by molar-refractivity contribution is 5.64. The number of anilines is 1. The van der Waals surface area contributed by atoms with Crippen LogP contribution in [0.2, 0.25) is 0 Å². The molecule has 2 heterocycles. The number of hydrogen-bond acceptors (Lipinski definition) is 2. The fourth-order valence-electron chi connectivity index (χ4n) is 2.74. The number of aryl methyl sites for hydroxylation is 1. The summed E-state index contributed by atoms with van der Waals surface area (Å²) in [5.74, 6) is 1.64. The maximum atomic E-state index is 4.52. The van der Waals surface area contributed by atoms with Gasteiger partial charge < -0.3 is 5.32 Å². The molecule has 124 valence electrons. The molecule has 1 fully saturated rings. The zero-order valence-electron chi connectivity index (χ0n) is 15.3. The standard InChI is InChI=1S/C14H14N2.3C2H6.H2/c1-8-2-14-13(15-7-8)6-11-4-9-3-10(9)5-12(11)16-14;3*1-2;/h2,4-5,7,9-10,16H,3,6H2,1H3;3*1-2H3;1H. The third kappa shape index (κ3) is 4.00. The highest BCUT2D eigenvalue weighted by Gasteiger charge is 2.38. The van der Waals surface area contributed by atoms with Gasteiger partial charge in [0.15, 0.2) is 0 Å². The molecule has 0 radical (unpaired) electrons. The molecule has 0 spiro atoms. The molecule has 1 aromatic heterocycles. The average Bonchev–Trinajstić information content (AvgIpc) is 3.34. The lowest BCUT2D eigenvalue weighted by Crippen LogP contribution is -2.16. The van der Waals surface area contributed by atoms with Crippen molar-refractivity contribution in [3.8, 4) is 0 Å². The van der Waals surface area contributed by atoms with Crippen LogP contribution >= 0.6 is 0 Å². The predicted molar refractivity (Wildman–Crippen MR) is 100 cm³/mol. The smallest absolute Gasteiger partial charge is 0.0682 e. The maximum Gasteiger partial charge on any atom is 0.0682 e. The molecule has 2 nitrogen and oxygen atoms in total. The minimum Gasteiger partial charge on any atom is -0.354 e. The Labute approximate surface area is 138 Å². The average molecular weight is 303 g/mol. The number of nitrogens with zero attached hydrogens (tertiary/aromatic N) is 1. The first-order valence-corrected chi connectivity index (χ1v) is 8.95. The van der Waals surface area contributed by atoms with E-state index in [9.17, 15) is 0 Å². The van der Waals surface area contributed by atoms with Gasteiger partial charge in [0, 0.05) is 19.7 Å². The molecule has 2 unspecified atom stereocenters. The van der Waals surface area contributed by atoms with Crippen molar-refractivity contribution in [2.24, 2.45) is 11.8 Å². The minimum absolute atomic E-state index is 0. The molecule has 2 atom stereocenters. The van der Waals surface area contributed by atoms with Gasteiger partial charge in [0.2, 0.25) is 0 Å². The van der Waals surface area contributed by atoms with Crippen molar-refractivity contribution in [1.29, 1.82) is 0 Å². The number of nitrogens with one attached hydrogen (secondary N) is 1. The van der Waals surface area contributed by atoms with E-state index in [2.05, 4.69) is 35.4 Å². The molecule has 1 aliphatic heterocycles. The molecule has 0 amide bonds. The number of rotatable bonds is 0. The molecule has 2 aliphatic carbocycles. The van der Waals surface area contributed by atoms with E-state index in [1.807, 2.05) is 47.7 Å². The molecule has 0 aromatic carbocycles. The van der Waals surface area contributed by atoms with Crippen molar-refractivity contribution in [3.63, 3.8) is 0 Å². The molecular formula is C20H34N2. The summed E-state index contributed by atoms with van der Waals surface area (Å²) >= 11 is 0. The van der Waals surface area contributed by atoms with Crippen molar-refractivity contribution >= 4 is 5.69 Å². The van der Waals surface area contributed by atoms with Crippen LogP contribution in [0.1, 0.15) is 60.6 Å². The van der Waals surface area contributed by atoms with Crippen LogP contribution in [-0.4, -0.2) is 4.98 Å². The zero-order valence-corrected chi connectivity index (χ0v) is 15.3. The SMILES string of the molecule is CC.CC.CC.Cc1cnc2c(c1)NC1=CC3CC3C=C1C2.[HH]. The topological polar surface area (TPSA) is 24.9 Å². The second kappa shape index (κ2) is 8.77. The molecule has 4 rings (SSSR count). The van der Waals surface area contributed by atoms with Gasteiger partial charge in [0.1, 0.15) is 0 Å². The van der Waals surface area contributed by atoms with Crippen LogP contribution in [0.4, 0.5) is 5.69 Å². The number of hydrogen-bond donors (Lipinski definition) is 1. The maximum absolute atomic E-state index is 4.52. The Morgan fingerprint density at radius 1 is 1.05 bits per heavy atom. The third-order valence-corrected chi connectivity index (χ3v) is 3.77. The summed E-state index contributed by atoms with van der Waals surface area (Å²) in [5.41, 5.74) is 6.39. The predicted octanol–water partition coefficient (Wildman–Crippen LogP) is 6.14. The number of aromatic nitrogens is 1. The highest BCUT2D eigenvalue weighted by Crippen LogP contribution is 2.48. The highest BCUT2D eigenvalue weighted by atomic mass is 14.9. The van der Waals surface area contributed by atoms with Crippen LogP contribution in [0.15, 0.2) is 35.7 Å². The Morgan fingerprint density at radius 3 is 2.36 bits per heavy atom. The number of allylic oxidation sites excluding steroid dienone is 3. The van der Waals surface area contributed by atoms with Crippen molar-refractivity contribution < 1.29 is 1.43 Å². The first-order valence-electron chi connectivity index (χ1n) is 8.95. The molecule has 22 heavy (non-hydrogen) atoms. The van der Waals surface area contributed by atoms with E-state index in [0.717, 1.165) is 18.3 Å². The lowest BCUT2D eigenvalue weighted by atomic mass is 9.94. The summed E-state index contributed by atoms with van der Waals surface area (Å²) in [6.45, 7) is 14.1. The molecule has 1 aromatic rings. The summed E-state index contributed by atoms with van der Waals surface area (Å²) in [6, 6.07) is 2.19. The third-order valence-electron chi connectivity index (χ3n) is 3.77.